The van der Waals surface area contributed by atoms with Crippen LogP contribution in [0.15, 0.2) is 18.2 Å². The highest BCUT2D eigenvalue weighted by atomic mass is 16.7. The van der Waals surface area contributed by atoms with Crippen molar-refractivity contribution in [3.05, 3.63) is 34.9 Å². The molecular weight excluding hydrogens is 294 g/mol. The fraction of sp³-hybridized carbons (Fsp3) is 0.611. The number of hydrogen-bond donors (Lipinski definition) is 0. The van der Waals surface area contributed by atoms with E-state index in [9.17, 15) is 4.79 Å². The maximum atomic E-state index is 13.0. The Balaban J connectivity index is 2.14. The summed E-state index contributed by atoms with van der Waals surface area (Å²) in [7, 11) is 3.29. The average molecular weight is 321 g/mol. The van der Waals surface area contributed by atoms with E-state index in [2.05, 4.69) is 0 Å². The summed E-state index contributed by atoms with van der Waals surface area (Å²) >= 11 is 0. The van der Waals surface area contributed by atoms with E-state index in [0.717, 1.165) is 36.1 Å². The Kier molecular flexibility index (Phi) is 7.02. The zero-order valence-corrected chi connectivity index (χ0v) is 14.3. The molecule has 2 rings (SSSR count). The molecule has 1 aliphatic heterocycles. The van der Waals surface area contributed by atoms with Crippen molar-refractivity contribution >= 4 is 5.91 Å². The molecule has 0 aliphatic carbocycles. The maximum absolute atomic E-state index is 13.0. The molecule has 1 amide bonds. The lowest BCUT2D eigenvalue weighted by atomic mass is 9.98. The smallest absolute Gasteiger partial charge is 0.254 e. The van der Waals surface area contributed by atoms with E-state index in [0.29, 0.717) is 19.6 Å². The number of likely N-dealkylation sites (tertiary alicyclic amines) is 1. The van der Waals surface area contributed by atoms with Crippen molar-refractivity contribution in [2.75, 3.05) is 40.8 Å². The number of rotatable bonds is 8. The Morgan fingerprint density at radius 1 is 1.30 bits per heavy atom. The van der Waals surface area contributed by atoms with Gasteiger partial charge in [-0.1, -0.05) is 12.1 Å². The maximum Gasteiger partial charge on any atom is 0.254 e. The van der Waals surface area contributed by atoms with Crippen molar-refractivity contribution in [1.82, 2.24) is 4.90 Å². The quantitative estimate of drug-likeness (QED) is 0.545. The van der Waals surface area contributed by atoms with E-state index in [1.165, 1.54) is 0 Å². The first-order valence-corrected chi connectivity index (χ1v) is 8.14. The van der Waals surface area contributed by atoms with Crippen LogP contribution >= 0.6 is 0 Å². The zero-order valence-electron chi connectivity index (χ0n) is 14.3. The Morgan fingerprint density at radius 3 is 2.87 bits per heavy atom. The summed E-state index contributed by atoms with van der Waals surface area (Å²) in [5, 5.41) is 0. The van der Waals surface area contributed by atoms with Gasteiger partial charge in [0.1, 0.15) is 6.79 Å². The molecule has 1 aromatic carbocycles. The third-order valence-electron chi connectivity index (χ3n) is 4.34. The van der Waals surface area contributed by atoms with Gasteiger partial charge in [0, 0.05) is 26.3 Å². The highest BCUT2D eigenvalue weighted by Gasteiger charge is 2.30. The first-order chi connectivity index (χ1) is 11.2. The van der Waals surface area contributed by atoms with E-state index < -0.39 is 0 Å². The van der Waals surface area contributed by atoms with Gasteiger partial charge >= 0.3 is 0 Å². The standard InChI is InChI=1S/C18H27NO4/c1-14-6-4-8-17(16(14)9-11-23-13-22-3)18(20)19-10-5-7-15(19)12-21-2/h4,6,8,15H,5,7,9-13H2,1-3H3/t15-/m0/s1. The highest BCUT2D eigenvalue weighted by molar-refractivity contribution is 5.96. The molecule has 0 saturated carbocycles. The number of aryl methyl sites for hydroxylation is 1. The number of carbonyl (C=O) groups excluding carboxylic acids is 1. The van der Waals surface area contributed by atoms with Crippen molar-refractivity contribution in [2.45, 2.75) is 32.2 Å². The van der Waals surface area contributed by atoms with Gasteiger partial charge in [-0.25, -0.2) is 0 Å². The predicted octanol–water partition coefficient (Wildman–Crippen LogP) is 2.41. The summed E-state index contributed by atoms with van der Waals surface area (Å²) in [6.07, 6.45) is 2.76. The molecule has 1 heterocycles. The van der Waals surface area contributed by atoms with Crippen LogP contribution in [0, 0.1) is 6.92 Å². The van der Waals surface area contributed by atoms with Gasteiger partial charge in [-0.05, 0) is 43.4 Å². The molecule has 0 spiro atoms. The van der Waals surface area contributed by atoms with E-state index in [1.54, 1.807) is 14.2 Å². The second-order valence-electron chi connectivity index (χ2n) is 5.92. The molecule has 0 unspecified atom stereocenters. The normalized spacial score (nSPS) is 17.7. The molecule has 0 aromatic heterocycles. The first kappa shape index (κ1) is 17.9. The van der Waals surface area contributed by atoms with Crippen LogP contribution in [0.2, 0.25) is 0 Å². The Labute approximate surface area is 138 Å². The summed E-state index contributed by atoms with van der Waals surface area (Å²) in [4.78, 5) is 15.0. The minimum Gasteiger partial charge on any atom is -0.383 e. The predicted molar refractivity (Wildman–Crippen MR) is 88.6 cm³/mol. The molecule has 0 radical (unpaired) electrons. The minimum atomic E-state index is 0.106. The molecule has 0 bridgehead atoms. The van der Waals surface area contributed by atoms with Crippen LogP contribution in [0.1, 0.15) is 34.3 Å². The number of hydrogen-bond acceptors (Lipinski definition) is 4. The van der Waals surface area contributed by atoms with Gasteiger partial charge in [-0.2, -0.15) is 0 Å². The van der Waals surface area contributed by atoms with Crippen LogP contribution in [0.5, 0.6) is 0 Å². The van der Waals surface area contributed by atoms with E-state index >= 15 is 0 Å². The third-order valence-corrected chi connectivity index (χ3v) is 4.34. The van der Waals surface area contributed by atoms with Crippen molar-refractivity contribution in [1.29, 1.82) is 0 Å². The lowest BCUT2D eigenvalue weighted by Gasteiger charge is -2.25. The summed E-state index contributed by atoms with van der Waals surface area (Å²) in [6.45, 7) is 4.26. The van der Waals surface area contributed by atoms with Crippen molar-refractivity contribution in [2.24, 2.45) is 0 Å². The highest BCUT2D eigenvalue weighted by Crippen LogP contribution is 2.23. The summed E-state index contributed by atoms with van der Waals surface area (Å²) in [6, 6.07) is 6.09. The minimum absolute atomic E-state index is 0.106. The molecule has 5 nitrogen and oxygen atoms in total. The monoisotopic (exact) mass is 321 g/mol. The fourth-order valence-electron chi connectivity index (χ4n) is 3.17. The lowest BCUT2D eigenvalue weighted by Crippen LogP contribution is -2.38. The second-order valence-corrected chi connectivity index (χ2v) is 5.92. The van der Waals surface area contributed by atoms with Gasteiger partial charge in [0.15, 0.2) is 0 Å². The molecule has 0 N–H and O–H groups in total. The van der Waals surface area contributed by atoms with Crippen LogP contribution in [-0.4, -0.2) is 57.6 Å². The molecule has 1 aliphatic rings. The van der Waals surface area contributed by atoms with Crippen LogP contribution in [-0.2, 0) is 20.6 Å². The number of methoxy groups -OCH3 is 2. The summed E-state index contributed by atoms with van der Waals surface area (Å²) < 4.78 is 15.6. The van der Waals surface area contributed by atoms with Crippen LogP contribution < -0.4 is 0 Å². The Morgan fingerprint density at radius 2 is 2.13 bits per heavy atom. The number of carbonyl (C=O) groups is 1. The fourth-order valence-corrected chi connectivity index (χ4v) is 3.17. The van der Waals surface area contributed by atoms with Gasteiger partial charge in [-0.3, -0.25) is 4.79 Å². The number of amides is 1. The van der Waals surface area contributed by atoms with E-state index in [1.807, 2.05) is 30.0 Å². The van der Waals surface area contributed by atoms with E-state index in [-0.39, 0.29) is 18.7 Å². The lowest BCUT2D eigenvalue weighted by molar-refractivity contribution is -0.0292. The van der Waals surface area contributed by atoms with Crippen LogP contribution in [0.3, 0.4) is 0 Å². The SMILES string of the molecule is COCOCCc1c(C)cccc1C(=O)N1CCC[C@H]1COC. The first-order valence-electron chi connectivity index (χ1n) is 8.14. The molecule has 23 heavy (non-hydrogen) atoms. The molecule has 128 valence electrons. The van der Waals surface area contributed by atoms with Crippen molar-refractivity contribution in [3.63, 3.8) is 0 Å². The Hall–Kier alpha value is -1.43. The van der Waals surface area contributed by atoms with Gasteiger partial charge < -0.3 is 19.1 Å². The number of benzene rings is 1. The average Bonchev–Trinajstić information content (AvgIpc) is 3.00. The molecule has 1 saturated heterocycles. The Bertz CT molecular complexity index is 518. The molecule has 1 fully saturated rings. The third kappa shape index (κ3) is 4.53. The zero-order chi connectivity index (χ0) is 16.7. The second kappa shape index (κ2) is 9.01. The van der Waals surface area contributed by atoms with Gasteiger partial charge in [0.25, 0.3) is 5.91 Å². The molecular formula is C18H27NO4. The van der Waals surface area contributed by atoms with Crippen LogP contribution in [0.25, 0.3) is 0 Å². The van der Waals surface area contributed by atoms with Gasteiger partial charge in [0.05, 0.1) is 19.3 Å². The van der Waals surface area contributed by atoms with Crippen molar-refractivity contribution in [3.8, 4) is 0 Å². The van der Waals surface area contributed by atoms with Gasteiger partial charge in [0.2, 0.25) is 0 Å². The number of ether oxygens (including phenoxy) is 3. The van der Waals surface area contributed by atoms with Crippen LogP contribution in [0.4, 0.5) is 0 Å². The van der Waals surface area contributed by atoms with E-state index in [4.69, 9.17) is 14.2 Å². The topological polar surface area (TPSA) is 48.0 Å². The summed E-state index contributed by atoms with van der Waals surface area (Å²) in [5.41, 5.74) is 2.98. The van der Waals surface area contributed by atoms with Gasteiger partial charge in [-0.15, -0.1) is 0 Å². The largest absolute Gasteiger partial charge is 0.383 e. The number of nitrogens with zero attached hydrogens (tertiary/aromatic N) is 1. The molecule has 5 heteroatoms. The molecule has 1 aromatic rings. The summed E-state index contributed by atoms with van der Waals surface area (Å²) in [5.74, 6) is 0.106. The molecule has 1 atom stereocenters. The van der Waals surface area contributed by atoms with Crippen molar-refractivity contribution < 1.29 is 19.0 Å².